The Balaban J connectivity index is 1.67. The molecule has 4 rings (SSSR count). The molecule has 0 aliphatic heterocycles. The number of hydrogen-bond acceptors (Lipinski definition) is 3. The molecule has 1 fully saturated rings. The van der Waals surface area contributed by atoms with Gasteiger partial charge in [-0.3, -0.25) is 10.0 Å². The highest BCUT2D eigenvalue weighted by Crippen LogP contribution is 2.44. The fourth-order valence-corrected chi connectivity index (χ4v) is 4.44. The molecule has 1 aliphatic carbocycles. The fraction of sp³-hybridized carbons (Fsp3) is 0.269. The maximum atomic E-state index is 14.7. The van der Waals surface area contributed by atoms with E-state index in [1.807, 2.05) is 6.92 Å². The number of amides is 1. The third-order valence-corrected chi connectivity index (χ3v) is 6.79. The Kier molecular flexibility index (Phi) is 7.21. The van der Waals surface area contributed by atoms with Gasteiger partial charge < -0.3 is 10.4 Å². The highest BCUT2D eigenvalue weighted by molar-refractivity contribution is 6.31. The molecule has 1 amide bonds. The Morgan fingerprint density at radius 2 is 1.81 bits per heavy atom. The number of alkyl halides is 2. The minimum absolute atomic E-state index is 0.0280. The number of carboxylic acid groups (broad SMARTS) is 1. The van der Waals surface area contributed by atoms with Crippen LogP contribution in [0.2, 0.25) is 5.02 Å². The molecule has 1 aromatic heterocycles. The first-order chi connectivity index (χ1) is 17.1. The van der Waals surface area contributed by atoms with Gasteiger partial charge in [0, 0.05) is 27.6 Å². The standard InChI is InChI=1S/C26H22ClF3N2O4/c1-13-10-16(13)11-19(25(33)31-17-5-2-14(3-6-17)26(34)35)21-9-4-15(12-32(21)36)22-18(24(29)30)7-8-20(27)23(22)28/h2-9,12-13,16,19,24H,10-11H2,1H3,(H2-,31,33,34,35,36)/p+1/t13-,16+,19+/m0/s1. The summed E-state index contributed by atoms with van der Waals surface area (Å²) in [6, 6.07) is 10.5. The number of carboxylic acids is 1. The molecule has 36 heavy (non-hydrogen) atoms. The summed E-state index contributed by atoms with van der Waals surface area (Å²) >= 11 is 5.81. The monoisotopic (exact) mass is 519 g/mol. The van der Waals surface area contributed by atoms with E-state index in [4.69, 9.17) is 16.7 Å². The Morgan fingerprint density at radius 1 is 1.14 bits per heavy atom. The molecule has 10 heteroatoms. The molecule has 1 saturated carbocycles. The van der Waals surface area contributed by atoms with Crippen molar-refractivity contribution in [1.82, 2.24) is 0 Å². The molecule has 3 aromatic rings. The number of hydrogen-bond donors (Lipinski definition) is 3. The van der Waals surface area contributed by atoms with E-state index in [-0.39, 0.29) is 27.8 Å². The van der Waals surface area contributed by atoms with Crippen LogP contribution in [0.4, 0.5) is 18.9 Å². The minimum Gasteiger partial charge on any atom is -0.478 e. The highest BCUT2D eigenvalue weighted by atomic mass is 35.5. The van der Waals surface area contributed by atoms with Gasteiger partial charge in [0.1, 0.15) is 11.7 Å². The molecule has 0 radical (unpaired) electrons. The normalized spacial score (nSPS) is 17.6. The average Bonchev–Trinajstić information content (AvgIpc) is 3.53. The van der Waals surface area contributed by atoms with E-state index in [1.165, 1.54) is 36.4 Å². The number of pyridine rings is 1. The van der Waals surface area contributed by atoms with Crippen LogP contribution in [0, 0.1) is 17.7 Å². The lowest BCUT2D eigenvalue weighted by atomic mass is 9.94. The van der Waals surface area contributed by atoms with Crippen LogP contribution in [0.3, 0.4) is 0 Å². The number of rotatable bonds is 8. The summed E-state index contributed by atoms with van der Waals surface area (Å²) in [5.41, 5.74) is -0.393. The van der Waals surface area contributed by atoms with E-state index in [9.17, 15) is 28.0 Å². The van der Waals surface area contributed by atoms with E-state index in [2.05, 4.69) is 5.32 Å². The van der Waals surface area contributed by atoms with Crippen LogP contribution < -0.4 is 10.0 Å². The average molecular weight is 520 g/mol. The second kappa shape index (κ2) is 10.2. The van der Waals surface area contributed by atoms with Crippen molar-refractivity contribution in [1.29, 1.82) is 0 Å². The van der Waals surface area contributed by atoms with Crippen molar-refractivity contribution >= 4 is 29.2 Å². The Morgan fingerprint density at radius 3 is 2.36 bits per heavy atom. The zero-order chi connectivity index (χ0) is 26.1. The van der Waals surface area contributed by atoms with E-state index in [1.54, 1.807) is 0 Å². The van der Waals surface area contributed by atoms with Crippen LogP contribution >= 0.6 is 11.6 Å². The van der Waals surface area contributed by atoms with E-state index in [0.29, 0.717) is 22.8 Å². The molecule has 6 nitrogen and oxygen atoms in total. The molecule has 188 valence electrons. The first-order valence-corrected chi connectivity index (χ1v) is 11.6. The van der Waals surface area contributed by atoms with Gasteiger partial charge in [-0.2, -0.15) is 0 Å². The van der Waals surface area contributed by atoms with Crippen molar-refractivity contribution in [2.45, 2.75) is 32.1 Å². The van der Waals surface area contributed by atoms with E-state index < -0.39 is 41.2 Å². The zero-order valence-corrected chi connectivity index (χ0v) is 19.8. The lowest BCUT2D eigenvalue weighted by Gasteiger charge is -2.15. The maximum absolute atomic E-state index is 14.7. The summed E-state index contributed by atoms with van der Waals surface area (Å²) in [6.07, 6.45) is -0.546. The third kappa shape index (κ3) is 5.31. The Hall–Kier alpha value is -3.59. The second-order valence-corrected chi connectivity index (χ2v) is 9.35. The van der Waals surface area contributed by atoms with Gasteiger partial charge in [0.05, 0.1) is 16.1 Å². The van der Waals surface area contributed by atoms with Crippen LogP contribution in [0.1, 0.15) is 53.7 Å². The molecule has 3 N–H and O–H groups in total. The van der Waals surface area contributed by atoms with Crippen molar-refractivity contribution in [2.24, 2.45) is 11.8 Å². The summed E-state index contributed by atoms with van der Waals surface area (Å²) in [5, 5.41) is 22.2. The second-order valence-electron chi connectivity index (χ2n) is 8.95. The van der Waals surface area contributed by atoms with E-state index in [0.717, 1.165) is 24.8 Å². The predicted octanol–water partition coefficient (Wildman–Crippen LogP) is 6.08. The number of nitrogens with zero attached hydrogens (tertiary/aromatic N) is 1. The molecule has 0 unspecified atom stereocenters. The van der Waals surface area contributed by atoms with Crippen LogP contribution in [0.25, 0.3) is 11.1 Å². The van der Waals surface area contributed by atoms with Crippen molar-refractivity contribution < 1.29 is 37.8 Å². The van der Waals surface area contributed by atoms with Crippen LogP contribution in [0.15, 0.2) is 54.7 Å². The molecule has 0 bridgehead atoms. The first-order valence-electron chi connectivity index (χ1n) is 11.2. The summed E-state index contributed by atoms with van der Waals surface area (Å²) in [5.74, 6) is -2.71. The van der Waals surface area contributed by atoms with Gasteiger partial charge >= 0.3 is 5.97 Å². The van der Waals surface area contributed by atoms with Gasteiger partial charge in [-0.15, -0.1) is 0 Å². The quantitative estimate of drug-likeness (QED) is 0.249. The van der Waals surface area contributed by atoms with Gasteiger partial charge in [-0.05, 0) is 61.1 Å². The van der Waals surface area contributed by atoms with Gasteiger partial charge in [-0.25, -0.2) is 18.0 Å². The molecule has 3 atom stereocenters. The highest BCUT2D eigenvalue weighted by Gasteiger charge is 2.40. The lowest BCUT2D eigenvalue weighted by Crippen LogP contribution is -2.40. The van der Waals surface area contributed by atoms with Crippen molar-refractivity contribution in [3.05, 3.63) is 82.4 Å². The smallest absolute Gasteiger partial charge is 0.335 e. The Bertz CT molecular complexity index is 1320. The number of carbonyl (C=O) groups excluding carboxylic acids is 1. The number of halogens is 4. The number of carbonyl (C=O) groups is 2. The maximum Gasteiger partial charge on any atom is 0.335 e. The molecular formula is C26H23ClF3N2O4+. The van der Waals surface area contributed by atoms with Crippen LogP contribution in [0.5, 0.6) is 0 Å². The van der Waals surface area contributed by atoms with Gasteiger partial charge in [-0.1, -0.05) is 24.6 Å². The zero-order valence-electron chi connectivity index (χ0n) is 19.1. The van der Waals surface area contributed by atoms with Gasteiger partial charge in [0.2, 0.25) is 17.8 Å². The number of aromatic carboxylic acids is 1. The van der Waals surface area contributed by atoms with E-state index >= 15 is 0 Å². The van der Waals surface area contributed by atoms with Crippen LogP contribution in [-0.4, -0.2) is 22.2 Å². The number of benzene rings is 2. The van der Waals surface area contributed by atoms with Crippen LogP contribution in [-0.2, 0) is 4.79 Å². The number of aromatic nitrogens is 1. The third-order valence-electron chi connectivity index (χ3n) is 6.50. The minimum atomic E-state index is -2.97. The molecule has 1 heterocycles. The molecule has 2 aromatic carbocycles. The fourth-order valence-electron chi connectivity index (χ4n) is 4.28. The summed E-state index contributed by atoms with van der Waals surface area (Å²) in [6.45, 7) is 2.05. The SMILES string of the molecule is C[C@H]1C[C@@H]1C[C@@H](C(=O)Nc1ccc(C(=O)O)cc1)c1ccc(-c2c(C(F)F)ccc(Cl)c2F)c[n+]1O. The summed E-state index contributed by atoms with van der Waals surface area (Å²) < 4.78 is 42.4. The lowest BCUT2D eigenvalue weighted by molar-refractivity contribution is -0.909. The summed E-state index contributed by atoms with van der Waals surface area (Å²) in [7, 11) is 0. The largest absolute Gasteiger partial charge is 0.478 e. The molecule has 1 aliphatic rings. The number of anilines is 1. The molecule has 0 spiro atoms. The van der Waals surface area contributed by atoms with Gasteiger partial charge in [0.15, 0.2) is 0 Å². The first kappa shape index (κ1) is 25.5. The van der Waals surface area contributed by atoms with Crippen molar-refractivity contribution in [3.63, 3.8) is 0 Å². The van der Waals surface area contributed by atoms with Gasteiger partial charge in [0.25, 0.3) is 6.43 Å². The predicted molar refractivity (Wildman–Crippen MR) is 126 cm³/mol. The Labute approximate surface area is 209 Å². The van der Waals surface area contributed by atoms with Crippen molar-refractivity contribution in [3.8, 4) is 11.1 Å². The molecule has 0 saturated heterocycles. The topological polar surface area (TPSA) is 90.5 Å². The molecular weight excluding hydrogens is 497 g/mol. The van der Waals surface area contributed by atoms with Crippen molar-refractivity contribution in [2.75, 3.05) is 5.32 Å². The number of nitrogens with one attached hydrogen (secondary N) is 1. The summed E-state index contributed by atoms with van der Waals surface area (Å²) in [4.78, 5) is 24.3.